The lowest BCUT2D eigenvalue weighted by atomic mass is 9.90. The van der Waals surface area contributed by atoms with Crippen molar-refractivity contribution in [3.8, 4) is 0 Å². The molecule has 0 saturated carbocycles. The van der Waals surface area contributed by atoms with Crippen LogP contribution in [0.25, 0.3) is 0 Å². The number of hydrogen-bond donors (Lipinski definition) is 3. The molecule has 2 aromatic carbocycles. The maximum atomic E-state index is 11.5. The van der Waals surface area contributed by atoms with Gasteiger partial charge in [0, 0.05) is 28.4 Å². The van der Waals surface area contributed by atoms with Crippen LogP contribution in [0.4, 0.5) is 5.69 Å². The van der Waals surface area contributed by atoms with Gasteiger partial charge in [-0.05, 0) is 30.4 Å². The molecule has 3 rings (SSSR count). The molecule has 0 aromatic heterocycles. The summed E-state index contributed by atoms with van der Waals surface area (Å²) in [5.74, 6) is 0. The molecule has 0 amide bonds. The third-order valence-corrected chi connectivity index (χ3v) is 4.29. The largest absolute Gasteiger partial charge is 0.395 e. The standard InChI is InChI=1S/C16H15ClN2O2S/c17-12-6-7-14-13(10-12)16(21,11-4-2-1-3-5-11)19(8-9-20)15(22)18-14/h1-7,10,20-21H,8-9H2,(H,18,22). The van der Waals surface area contributed by atoms with E-state index in [1.54, 1.807) is 23.1 Å². The van der Waals surface area contributed by atoms with Crippen LogP contribution < -0.4 is 5.32 Å². The lowest BCUT2D eigenvalue weighted by Crippen LogP contribution is -2.56. The first-order valence-electron chi connectivity index (χ1n) is 6.85. The maximum absolute atomic E-state index is 11.5. The zero-order valence-electron chi connectivity index (χ0n) is 11.7. The second-order valence-corrected chi connectivity index (χ2v) is 5.86. The number of rotatable bonds is 3. The summed E-state index contributed by atoms with van der Waals surface area (Å²) in [6.45, 7) is 0.0655. The molecule has 0 radical (unpaired) electrons. The molecular formula is C16H15ClN2O2S. The second kappa shape index (κ2) is 5.85. The van der Waals surface area contributed by atoms with E-state index in [1.807, 2.05) is 30.3 Å². The van der Waals surface area contributed by atoms with Gasteiger partial charge in [0.1, 0.15) is 0 Å². The lowest BCUT2D eigenvalue weighted by Gasteiger charge is -2.46. The molecule has 1 aliphatic heterocycles. The molecule has 0 spiro atoms. The van der Waals surface area contributed by atoms with Gasteiger partial charge in [0.2, 0.25) is 0 Å². The Morgan fingerprint density at radius 3 is 2.59 bits per heavy atom. The third kappa shape index (κ3) is 2.36. The Kier molecular flexibility index (Phi) is 4.06. The van der Waals surface area contributed by atoms with E-state index in [1.165, 1.54) is 0 Å². The number of nitrogens with one attached hydrogen (secondary N) is 1. The maximum Gasteiger partial charge on any atom is 0.195 e. The van der Waals surface area contributed by atoms with Gasteiger partial charge in [0.15, 0.2) is 10.8 Å². The predicted octanol–water partition coefficient (Wildman–Crippen LogP) is 2.54. The SMILES string of the molecule is OCCN1C(=S)Nc2ccc(Cl)cc2C1(O)c1ccccc1. The van der Waals surface area contributed by atoms with Gasteiger partial charge < -0.3 is 20.4 Å². The number of benzene rings is 2. The normalized spacial score (nSPS) is 20.5. The number of halogens is 1. The van der Waals surface area contributed by atoms with Crippen molar-refractivity contribution in [3.63, 3.8) is 0 Å². The van der Waals surface area contributed by atoms with Crippen LogP contribution in [-0.2, 0) is 5.72 Å². The van der Waals surface area contributed by atoms with Crippen LogP contribution in [0.5, 0.6) is 0 Å². The minimum absolute atomic E-state index is 0.132. The van der Waals surface area contributed by atoms with Crippen LogP contribution in [0, 0.1) is 0 Å². The zero-order valence-corrected chi connectivity index (χ0v) is 13.2. The summed E-state index contributed by atoms with van der Waals surface area (Å²) >= 11 is 11.5. The number of aliphatic hydroxyl groups is 2. The highest BCUT2D eigenvalue weighted by atomic mass is 35.5. The Balaban J connectivity index is 2.26. The summed E-state index contributed by atoms with van der Waals surface area (Å²) in [4.78, 5) is 1.57. The van der Waals surface area contributed by atoms with Gasteiger partial charge in [-0.3, -0.25) is 0 Å². The molecule has 22 heavy (non-hydrogen) atoms. The van der Waals surface area contributed by atoms with E-state index in [2.05, 4.69) is 5.32 Å². The molecule has 2 aromatic rings. The molecule has 6 heteroatoms. The molecule has 1 atom stereocenters. The molecule has 4 nitrogen and oxygen atoms in total. The summed E-state index contributed by atoms with van der Waals surface area (Å²) in [7, 11) is 0. The Hall–Kier alpha value is -1.66. The number of anilines is 1. The summed E-state index contributed by atoms with van der Waals surface area (Å²) in [6.07, 6.45) is 0. The van der Waals surface area contributed by atoms with Crippen molar-refractivity contribution < 1.29 is 10.2 Å². The first kappa shape index (κ1) is 15.2. The first-order valence-corrected chi connectivity index (χ1v) is 7.63. The fourth-order valence-corrected chi connectivity index (χ4v) is 3.24. The quantitative estimate of drug-likeness (QED) is 0.753. The minimum atomic E-state index is -1.48. The summed E-state index contributed by atoms with van der Waals surface area (Å²) in [5.41, 5.74) is 0.492. The van der Waals surface area contributed by atoms with Crippen molar-refractivity contribution in [2.45, 2.75) is 5.72 Å². The van der Waals surface area contributed by atoms with Gasteiger partial charge in [-0.2, -0.15) is 0 Å². The lowest BCUT2D eigenvalue weighted by molar-refractivity contribution is -0.0439. The third-order valence-electron chi connectivity index (χ3n) is 3.73. The van der Waals surface area contributed by atoms with Gasteiger partial charge in [-0.25, -0.2) is 0 Å². The van der Waals surface area contributed by atoms with Crippen LogP contribution in [0.1, 0.15) is 11.1 Å². The monoisotopic (exact) mass is 334 g/mol. The number of β-amino-alcohol motifs (C(OH)–C–C–N with tert-alkyl or cyclic N) is 1. The van der Waals surface area contributed by atoms with Crippen LogP contribution in [0.3, 0.4) is 0 Å². The molecule has 0 saturated heterocycles. The number of hydrogen-bond acceptors (Lipinski definition) is 3. The highest BCUT2D eigenvalue weighted by molar-refractivity contribution is 7.80. The van der Waals surface area contributed by atoms with Gasteiger partial charge >= 0.3 is 0 Å². The van der Waals surface area contributed by atoms with Gasteiger partial charge in [-0.15, -0.1) is 0 Å². The van der Waals surface area contributed by atoms with Crippen molar-refractivity contribution in [1.82, 2.24) is 4.90 Å². The second-order valence-electron chi connectivity index (χ2n) is 5.03. The molecule has 0 bridgehead atoms. The Morgan fingerprint density at radius 2 is 1.91 bits per heavy atom. The predicted molar refractivity (Wildman–Crippen MR) is 90.9 cm³/mol. The van der Waals surface area contributed by atoms with Crippen molar-refractivity contribution in [2.24, 2.45) is 0 Å². The van der Waals surface area contributed by atoms with Crippen LogP contribution >= 0.6 is 23.8 Å². The topological polar surface area (TPSA) is 55.7 Å². The van der Waals surface area contributed by atoms with Gasteiger partial charge in [0.05, 0.1) is 6.61 Å². The highest BCUT2D eigenvalue weighted by Gasteiger charge is 2.44. The Bertz CT molecular complexity index is 711. The molecule has 0 fully saturated rings. The van der Waals surface area contributed by atoms with Gasteiger partial charge in [-0.1, -0.05) is 41.9 Å². The highest BCUT2D eigenvalue weighted by Crippen LogP contribution is 2.42. The van der Waals surface area contributed by atoms with Crippen LogP contribution in [-0.4, -0.2) is 33.4 Å². The summed E-state index contributed by atoms with van der Waals surface area (Å²) in [5, 5.41) is 24.8. The fourth-order valence-electron chi connectivity index (χ4n) is 2.73. The molecule has 1 unspecified atom stereocenters. The average molecular weight is 335 g/mol. The smallest absolute Gasteiger partial charge is 0.195 e. The molecule has 1 aliphatic rings. The minimum Gasteiger partial charge on any atom is -0.395 e. The first-order chi connectivity index (χ1) is 10.6. The number of fused-ring (bicyclic) bond motifs is 1. The molecule has 3 N–H and O–H groups in total. The Morgan fingerprint density at radius 1 is 1.18 bits per heavy atom. The van der Waals surface area contributed by atoms with Crippen molar-refractivity contribution in [1.29, 1.82) is 0 Å². The number of thiocarbonyl (C=S) groups is 1. The van der Waals surface area contributed by atoms with Gasteiger partial charge in [0.25, 0.3) is 0 Å². The number of nitrogens with zero attached hydrogens (tertiary/aromatic N) is 1. The summed E-state index contributed by atoms with van der Waals surface area (Å²) in [6, 6.07) is 14.5. The van der Waals surface area contributed by atoms with E-state index in [9.17, 15) is 10.2 Å². The van der Waals surface area contributed by atoms with E-state index in [0.29, 0.717) is 26.9 Å². The van der Waals surface area contributed by atoms with E-state index >= 15 is 0 Å². The van der Waals surface area contributed by atoms with E-state index in [4.69, 9.17) is 23.8 Å². The molecular weight excluding hydrogens is 320 g/mol. The summed E-state index contributed by atoms with van der Waals surface area (Å²) < 4.78 is 0. The van der Waals surface area contributed by atoms with E-state index in [0.717, 1.165) is 0 Å². The number of aliphatic hydroxyl groups excluding tert-OH is 1. The van der Waals surface area contributed by atoms with E-state index in [-0.39, 0.29) is 13.2 Å². The molecule has 0 aliphatic carbocycles. The molecule has 114 valence electrons. The Labute approximate surface area is 139 Å². The zero-order chi connectivity index (χ0) is 15.7. The molecule has 1 heterocycles. The van der Waals surface area contributed by atoms with E-state index < -0.39 is 5.72 Å². The van der Waals surface area contributed by atoms with Crippen molar-refractivity contribution in [2.75, 3.05) is 18.5 Å². The fraction of sp³-hybridized carbons (Fsp3) is 0.188. The van der Waals surface area contributed by atoms with Crippen LogP contribution in [0.2, 0.25) is 5.02 Å². The van der Waals surface area contributed by atoms with Crippen LogP contribution in [0.15, 0.2) is 48.5 Å². The van der Waals surface area contributed by atoms with Crippen molar-refractivity contribution >= 4 is 34.6 Å². The average Bonchev–Trinajstić information content (AvgIpc) is 2.53. The van der Waals surface area contributed by atoms with Crippen molar-refractivity contribution in [3.05, 3.63) is 64.7 Å².